The van der Waals surface area contributed by atoms with E-state index in [0.29, 0.717) is 0 Å². The molecule has 0 aromatic heterocycles. The molecule has 0 radical (unpaired) electrons. The number of rotatable bonds is 2. The lowest BCUT2D eigenvalue weighted by Gasteiger charge is -2.42. The smallest absolute Gasteiger partial charge is 0.226 e. The fraction of sp³-hybridized carbons (Fsp3) is 0.929. The highest BCUT2D eigenvalue weighted by atomic mass is 16.2. The van der Waals surface area contributed by atoms with Crippen LogP contribution in [0.25, 0.3) is 0 Å². The van der Waals surface area contributed by atoms with Gasteiger partial charge in [-0.3, -0.25) is 4.79 Å². The van der Waals surface area contributed by atoms with Crippen LogP contribution in [0, 0.1) is 17.8 Å². The molecule has 2 N–H and O–H groups in total. The number of carbonyl (C=O) groups excluding carboxylic acids is 1. The lowest BCUT2D eigenvalue weighted by atomic mass is 9.75. The molecule has 0 bridgehead atoms. The Morgan fingerprint density at radius 1 is 1.18 bits per heavy atom. The summed E-state index contributed by atoms with van der Waals surface area (Å²) < 4.78 is 0. The molecule has 2 rings (SSSR count). The number of amides is 1. The number of hydrogen-bond acceptors (Lipinski definition) is 2. The van der Waals surface area contributed by atoms with Gasteiger partial charge in [-0.15, -0.1) is 0 Å². The second-order valence-electron chi connectivity index (χ2n) is 6.03. The maximum atomic E-state index is 12.3. The van der Waals surface area contributed by atoms with Crippen molar-refractivity contribution in [3.63, 3.8) is 0 Å². The van der Waals surface area contributed by atoms with E-state index in [1.807, 2.05) is 13.8 Å². The molecule has 0 aromatic carbocycles. The summed E-state index contributed by atoms with van der Waals surface area (Å²) in [7, 11) is 0. The molecule has 3 nitrogen and oxygen atoms in total. The Balaban J connectivity index is 1.93. The number of fused-ring (bicyclic) bond motifs is 1. The SMILES string of the molecule is CC(N)C(C)C(=O)N1CCC2CCCCC2C1. The summed E-state index contributed by atoms with van der Waals surface area (Å²) >= 11 is 0. The van der Waals surface area contributed by atoms with Gasteiger partial charge in [0.1, 0.15) is 0 Å². The van der Waals surface area contributed by atoms with E-state index in [2.05, 4.69) is 4.90 Å². The normalized spacial score (nSPS) is 32.8. The highest BCUT2D eigenvalue weighted by Crippen LogP contribution is 2.36. The zero-order valence-corrected chi connectivity index (χ0v) is 11.2. The predicted octanol–water partition coefficient (Wildman–Crippen LogP) is 2.01. The van der Waals surface area contributed by atoms with Crippen molar-refractivity contribution in [3.8, 4) is 0 Å². The largest absolute Gasteiger partial charge is 0.342 e. The Kier molecular flexibility index (Phi) is 4.08. The van der Waals surface area contributed by atoms with Gasteiger partial charge in [0.2, 0.25) is 5.91 Å². The molecular formula is C14H26N2O. The Labute approximate surface area is 105 Å². The van der Waals surface area contributed by atoms with Gasteiger partial charge in [-0.05, 0) is 31.6 Å². The van der Waals surface area contributed by atoms with Crippen LogP contribution in [-0.2, 0) is 4.79 Å². The molecule has 1 saturated carbocycles. The first-order valence-electron chi connectivity index (χ1n) is 7.14. The van der Waals surface area contributed by atoms with Crippen LogP contribution in [0.5, 0.6) is 0 Å². The minimum absolute atomic E-state index is 0.0323. The maximum absolute atomic E-state index is 12.3. The predicted molar refractivity (Wildman–Crippen MR) is 69.5 cm³/mol. The lowest BCUT2D eigenvalue weighted by Crippen LogP contribution is -2.49. The Morgan fingerprint density at radius 3 is 2.47 bits per heavy atom. The van der Waals surface area contributed by atoms with Crippen LogP contribution >= 0.6 is 0 Å². The molecule has 4 atom stereocenters. The van der Waals surface area contributed by atoms with Crippen molar-refractivity contribution in [1.29, 1.82) is 0 Å². The summed E-state index contributed by atoms with van der Waals surface area (Å²) in [5, 5.41) is 0. The number of carbonyl (C=O) groups is 1. The first-order chi connectivity index (χ1) is 8.09. The average Bonchev–Trinajstić information content (AvgIpc) is 2.36. The molecule has 1 aliphatic heterocycles. The van der Waals surface area contributed by atoms with Gasteiger partial charge in [-0.1, -0.05) is 26.2 Å². The first-order valence-corrected chi connectivity index (χ1v) is 7.14. The zero-order valence-electron chi connectivity index (χ0n) is 11.2. The fourth-order valence-electron chi connectivity index (χ4n) is 3.31. The van der Waals surface area contributed by atoms with Crippen LogP contribution in [0.3, 0.4) is 0 Å². The minimum Gasteiger partial charge on any atom is -0.342 e. The van der Waals surface area contributed by atoms with Gasteiger partial charge >= 0.3 is 0 Å². The lowest BCUT2D eigenvalue weighted by molar-refractivity contribution is -0.138. The second-order valence-corrected chi connectivity index (χ2v) is 6.03. The molecule has 2 aliphatic rings. The average molecular weight is 238 g/mol. The Morgan fingerprint density at radius 2 is 1.82 bits per heavy atom. The van der Waals surface area contributed by atoms with E-state index in [1.54, 1.807) is 0 Å². The van der Waals surface area contributed by atoms with Crippen LogP contribution in [-0.4, -0.2) is 29.9 Å². The molecule has 4 unspecified atom stereocenters. The van der Waals surface area contributed by atoms with E-state index in [1.165, 1.54) is 32.1 Å². The van der Waals surface area contributed by atoms with E-state index in [0.717, 1.165) is 24.9 Å². The van der Waals surface area contributed by atoms with Gasteiger partial charge in [-0.25, -0.2) is 0 Å². The fourth-order valence-corrected chi connectivity index (χ4v) is 3.31. The number of piperidine rings is 1. The first kappa shape index (κ1) is 12.9. The Bertz CT molecular complexity index is 277. The Hall–Kier alpha value is -0.570. The summed E-state index contributed by atoms with van der Waals surface area (Å²) in [6.07, 6.45) is 6.66. The summed E-state index contributed by atoms with van der Waals surface area (Å²) in [6, 6.07) is -0.0356. The van der Waals surface area contributed by atoms with Crippen molar-refractivity contribution in [2.24, 2.45) is 23.5 Å². The molecule has 1 saturated heterocycles. The van der Waals surface area contributed by atoms with Crippen molar-refractivity contribution in [3.05, 3.63) is 0 Å². The minimum atomic E-state index is -0.0356. The van der Waals surface area contributed by atoms with E-state index in [4.69, 9.17) is 5.73 Å². The summed E-state index contributed by atoms with van der Waals surface area (Å²) in [6.45, 7) is 5.83. The highest BCUT2D eigenvalue weighted by molar-refractivity contribution is 5.79. The third kappa shape index (κ3) is 2.82. The van der Waals surface area contributed by atoms with E-state index >= 15 is 0 Å². The van der Waals surface area contributed by atoms with Gasteiger partial charge in [0.25, 0.3) is 0 Å². The number of likely N-dealkylation sites (tertiary alicyclic amines) is 1. The standard InChI is InChI=1S/C14H26N2O/c1-10(11(2)15)14(17)16-8-7-12-5-3-4-6-13(12)9-16/h10-13H,3-9,15H2,1-2H3. The molecule has 98 valence electrons. The second kappa shape index (κ2) is 5.38. The van der Waals surface area contributed by atoms with Crippen LogP contribution < -0.4 is 5.73 Å². The molecular weight excluding hydrogens is 212 g/mol. The number of nitrogens with zero attached hydrogens (tertiary/aromatic N) is 1. The third-order valence-corrected chi connectivity index (χ3v) is 4.78. The quantitative estimate of drug-likeness (QED) is 0.800. The molecule has 17 heavy (non-hydrogen) atoms. The number of hydrogen-bond donors (Lipinski definition) is 1. The van der Waals surface area contributed by atoms with Crippen LogP contribution in [0.4, 0.5) is 0 Å². The van der Waals surface area contributed by atoms with Gasteiger partial charge in [0, 0.05) is 19.1 Å². The third-order valence-electron chi connectivity index (χ3n) is 4.78. The van der Waals surface area contributed by atoms with Crippen molar-refractivity contribution >= 4 is 5.91 Å². The van der Waals surface area contributed by atoms with Crippen molar-refractivity contribution in [1.82, 2.24) is 4.90 Å². The summed E-state index contributed by atoms with van der Waals surface area (Å²) in [4.78, 5) is 14.3. The molecule has 1 amide bonds. The number of nitrogens with two attached hydrogens (primary N) is 1. The van der Waals surface area contributed by atoms with Crippen molar-refractivity contribution in [2.45, 2.75) is 52.0 Å². The van der Waals surface area contributed by atoms with Gasteiger partial charge in [0.15, 0.2) is 0 Å². The van der Waals surface area contributed by atoms with E-state index < -0.39 is 0 Å². The summed E-state index contributed by atoms with van der Waals surface area (Å²) in [5.41, 5.74) is 5.83. The topological polar surface area (TPSA) is 46.3 Å². The molecule has 1 heterocycles. The molecule has 0 spiro atoms. The van der Waals surface area contributed by atoms with Gasteiger partial charge in [-0.2, -0.15) is 0 Å². The molecule has 0 aromatic rings. The van der Waals surface area contributed by atoms with E-state index in [9.17, 15) is 4.79 Å². The van der Waals surface area contributed by atoms with Crippen LogP contribution in [0.1, 0.15) is 46.0 Å². The van der Waals surface area contributed by atoms with Crippen molar-refractivity contribution < 1.29 is 4.79 Å². The van der Waals surface area contributed by atoms with Gasteiger partial charge < -0.3 is 10.6 Å². The van der Waals surface area contributed by atoms with Crippen molar-refractivity contribution in [2.75, 3.05) is 13.1 Å². The monoisotopic (exact) mass is 238 g/mol. The highest BCUT2D eigenvalue weighted by Gasteiger charge is 2.34. The summed E-state index contributed by atoms with van der Waals surface area (Å²) in [5.74, 6) is 1.89. The van der Waals surface area contributed by atoms with E-state index in [-0.39, 0.29) is 17.9 Å². The van der Waals surface area contributed by atoms with Crippen LogP contribution in [0.15, 0.2) is 0 Å². The molecule has 1 aliphatic carbocycles. The molecule has 2 fully saturated rings. The van der Waals surface area contributed by atoms with Crippen LogP contribution in [0.2, 0.25) is 0 Å². The van der Waals surface area contributed by atoms with Gasteiger partial charge in [0.05, 0.1) is 5.92 Å². The zero-order chi connectivity index (χ0) is 12.4. The molecule has 3 heteroatoms. The maximum Gasteiger partial charge on any atom is 0.226 e.